The monoisotopic (exact) mass is 290 g/mol. The second kappa shape index (κ2) is 4.23. The van der Waals surface area contributed by atoms with Crippen molar-refractivity contribution >= 4 is 33.2 Å². The highest BCUT2D eigenvalue weighted by Gasteiger charge is 2.41. The van der Waals surface area contributed by atoms with Crippen LogP contribution in [0.25, 0.3) is 0 Å². The second-order valence-electron chi connectivity index (χ2n) is 3.59. The van der Waals surface area contributed by atoms with Crippen molar-refractivity contribution in [2.45, 2.75) is 24.9 Å². The second-order valence-corrected chi connectivity index (χ2v) is 6.05. The molecule has 0 bridgehead atoms. The zero-order valence-electron chi connectivity index (χ0n) is 8.03. The molecule has 1 atom stereocenters. The van der Waals surface area contributed by atoms with Gasteiger partial charge in [0.2, 0.25) is 0 Å². The van der Waals surface area contributed by atoms with Crippen molar-refractivity contribution in [1.29, 1.82) is 0 Å². The van der Waals surface area contributed by atoms with Gasteiger partial charge >= 0.3 is 5.97 Å². The predicted octanol–water partition coefficient (Wildman–Crippen LogP) is 2.99. The van der Waals surface area contributed by atoms with Crippen LogP contribution in [0.3, 0.4) is 0 Å². The average Bonchev–Trinajstić information content (AvgIpc) is 2.50. The SMILES string of the molecule is O=C(O)CCC1(c2ccc(Br)s2)CCO1. The molecule has 1 aliphatic rings. The molecule has 1 saturated heterocycles. The van der Waals surface area contributed by atoms with E-state index in [4.69, 9.17) is 9.84 Å². The molecule has 1 aromatic heterocycles. The summed E-state index contributed by atoms with van der Waals surface area (Å²) in [7, 11) is 0. The summed E-state index contributed by atoms with van der Waals surface area (Å²) in [5, 5.41) is 8.69. The molecule has 2 rings (SSSR count). The zero-order chi connectivity index (χ0) is 10.9. The summed E-state index contributed by atoms with van der Waals surface area (Å²) in [4.78, 5) is 11.7. The van der Waals surface area contributed by atoms with E-state index in [1.165, 1.54) is 0 Å². The molecule has 1 unspecified atom stereocenters. The summed E-state index contributed by atoms with van der Waals surface area (Å²) in [5.41, 5.74) is -0.324. The first-order chi connectivity index (χ1) is 7.12. The van der Waals surface area contributed by atoms with Gasteiger partial charge in [-0.05, 0) is 34.5 Å². The molecule has 1 N–H and O–H groups in total. The Morgan fingerprint density at radius 1 is 1.67 bits per heavy atom. The first-order valence-electron chi connectivity index (χ1n) is 4.74. The minimum atomic E-state index is -0.763. The Hall–Kier alpha value is -0.390. The smallest absolute Gasteiger partial charge is 0.303 e. The Balaban J connectivity index is 2.11. The van der Waals surface area contributed by atoms with Gasteiger partial charge in [0.05, 0.1) is 10.4 Å². The minimum Gasteiger partial charge on any atom is -0.481 e. The number of rotatable bonds is 4. The molecule has 5 heteroatoms. The lowest BCUT2D eigenvalue weighted by atomic mass is 9.88. The highest BCUT2D eigenvalue weighted by Crippen LogP contribution is 2.45. The molecule has 1 aromatic rings. The summed E-state index contributed by atoms with van der Waals surface area (Å²) >= 11 is 5.03. The third-order valence-corrected chi connectivity index (χ3v) is 4.46. The van der Waals surface area contributed by atoms with Crippen LogP contribution in [0.4, 0.5) is 0 Å². The number of hydrogen-bond acceptors (Lipinski definition) is 3. The van der Waals surface area contributed by atoms with E-state index in [1.54, 1.807) is 11.3 Å². The molecule has 82 valence electrons. The molecule has 3 nitrogen and oxygen atoms in total. The number of halogens is 1. The third kappa shape index (κ3) is 2.24. The Bertz CT molecular complexity index is 370. The lowest BCUT2D eigenvalue weighted by Crippen LogP contribution is -2.40. The molecule has 2 heterocycles. The fourth-order valence-corrected chi connectivity index (χ4v) is 3.32. The van der Waals surface area contributed by atoms with Crippen molar-refractivity contribution in [3.8, 4) is 0 Å². The summed E-state index contributed by atoms with van der Waals surface area (Å²) in [6.07, 6.45) is 1.65. The summed E-state index contributed by atoms with van der Waals surface area (Å²) < 4.78 is 6.65. The van der Waals surface area contributed by atoms with Crippen LogP contribution in [0.1, 0.15) is 24.1 Å². The van der Waals surface area contributed by atoms with E-state index in [-0.39, 0.29) is 12.0 Å². The molecule has 0 spiro atoms. The number of hydrogen-bond donors (Lipinski definition) is 1. The lowest BCUT2D eigenvalue weighted by molar-refractivity contribution is -0.164. The molecule has 0 radical (unpaired) electrons. The van der Waals surface area contributed by atoms with Crippen molar-refractivity contribution in [3.63, 3.8) is 0 Å². The number of ether oxygens (including phenoxy) is 1. The van der Waals surface area contributed by atoms with Gasteiger partial charge in [-0.3, -0.25) is 4.79 Å². The van der Waals surface area contributed by atoms with Crippen LogP contribution in [-0.2, 0) is 15.1 Å². The lowest BCUT2D eigenvalue weighted by Gasteiger charge is -2.41. The minimum absolute atomic E-state index is 0.162. The molecule has 0 amide bonds. The molecule has 15 heavy (non-hydrogen) atoms. The standard InChI is InChI=1S/C10H11BrO3S/c11-8-2-1-7(15-8)10(5-6-14-10)4-3-9(12)13/h1-2H,3-6H2,(H,12,13). The van der Waals surface area contributed by atoms with Gasteiger partial charge < -0.3 is 9.84 Å². The van der Waals surface area contributed by atoms with E-state index in [2.05, 4.69) is 15.9 Å². The first kappa shape index (κ1) is 11.1. The first-order valence-corrected chi connectivity index (χ1v) is 6.35. The predicted molar refractivity (Wildman–Crippen MR) is 61.1 cm³/mol. The fourth-order valence-electron chi connectivity index (χ4n) is 1.73. The molecule has 0 aromatic carbocycles. The molecule has 1 aliphatic heterocycles. The van der Waals surface area contributed by atoms with Gasteiger partial charge in [-0.1, -0.05) is 0 Å². The number of carboxylic acid groups (broad SMARTS) is 1. The largest absolute Gasteiger partial charge is 0.481 e. The van der Waals surface area contributed by atoms with E-state index < -0.39 is 5.97 Å². The zero-order valence-corrected chi connectivity index (χ0v) is 10.4. The topological polar surface area (TPSA) is 46.5 Å². The molecule has 0 saturated carbocycles. The molecular weight excluding hydrogens is 280 g/mol. The maximum absolute atomic E-state index is 10.6. The van der Waals surface area contributed by atoms with Crippen molar-refractivity contribution in [2.75, 3.05) is 6.61 Å². The fraction of sp³-hybridized carbons (Fsp3) is 0.500. The molecular formula is C10H11BrO3S. The Morgan fingerprint density at radius 3 is 2.80 bits per heavy atom. The quantitative estimate of drug-likeness (QED) is 0.927. The summed E-state index contributed by atoms with van der Waals surface area (Å²) in [6, 6.07) is 3.99. The van der Waals surface area contributed by atoms with E-state index >= 15 is 0 Å². The normalized spacial score (nSPS) is 24.9. The van der Waals surface area contributed by atoms with Crippen LogP contribution < -0.4 is 0 Å². The van der Waals surface area contributed by atoms with Gasteiger partial charge in [0.15, 0.2) is 0 Å². The van der Waals surface area contributed by atoms with Crippen molar-refractivity contribution in [1.82, 2.24) is 0 Å². The van der Waals surface area contributed by atoms with Gasteiger partial charge in [-0.15, -0.1) is 11.3 Å². The van der Waals surface area contributed by atoms with Gasteiger partial charge in [0.25, 0.3) is 0 Å². The Kier molecular flexibility index (Phi) is 3.13. The number of aliphatic carboxylic acids is 1. The van der Waals surface area contributed by atoms with Gasteiger partial charge in [-0.2, -0.15) is 0 Å². The van der Waals surface area contributed by atoms with E-state index in [0.29, 0.717) is 6.42 Å². The highest BCUT2D eigenvalue weighted by molar-refractivity contribution is 9.11. The van der Waals surface area contributed by atoms with Gasteiger partial charge in [-0.25, -0.2) is 0 Å². The molecule has 0 aliphatic carbocycles. The van der Waals surface area contributed by atoms with E-state index in [9.17, 15) is 4.79 Å². The van der Waals surface area contributed by atoms with Gasteiger partial charge in [0, 0.05) is 17.7 Å². The Labute approximate surface area is 100 Å². The van der Waals surface area contributed by atoms with Crippen molar-refractivity contribution in [3.05, 3.63) is 20.8 Å². The van der Waals surface area contributed by atoms with Gasteiger partial charge in [0.1, 0.15) is 5.60 Å². The summed E-state index contributed by atoms with van der Waals surface area (Å²) in [5.74, 6) is -0.763. The molecule has 1 fully saturated rings. The van der Waals surface area contributed by atoms with Crippen molar-refractivity contribution in [2.24, 2.45) is 0 Å². The van der Waals surface area contributed by atoms with E-state index in [0.717, 1.165) is 21.7 Å². The van der Waals surface area contributed by atoms with Crippen molar-refractivity contribution < 1.29 is 14.6 Å². The van der Waals surface area contributed by atoms with Crippen LogP contribution in [0.5, 0.6) is 0 Å². The highest BCUT2D eigenvalue weighted by atomic mass is 79.9. The Morgan fingerprint density at radius 2 is 2.40 bits per heavy atom. The summed E-state index contributed by atoms with van der Waals surface area (Å²) in [6.45, 7) is 0.731. The average molecular weight is 291 g/mol. The number of carboxylic acids is 1. The number of thiophene rings is 1. The van der Waals surface area contributed by atoms with Crippen LogP contribution in [0, 0.1) is 0 Å². The third-order valence-electron chi connectivity index (χ3n) is 2.65. The maximum Gasteiger partial charge on any atom is 0.303 e. The van der Waals surface area contributed by atoms with Crippen LogP contribution in [0.15, 0.2) is 15.9 Å². The van der Waals surface area contributed by atoms with Crippen LogP contribution >= 0.6 is 27.3 Å². The van der Waals surface area contributed by atoms with Crippen LogP contribution in [0.2, 0.25) is 0 Å². The maximum atomic E-state index is 10.6. The number of carbonyl (C=O) groups is 1. The van der Waals surface area contributed by atoms with Crippen LogP contribution in [-0.4, -0.2) is 17.7 Å². The van der Waals surface area contributed by atoms with E-state index in [1.807, 2.05) is 12.1 Å².